The molecule has 1 aromatic rings. The van der Waals surface area contributed by atoms with Gasteiger partial charge in [-0.15, -0.1) is 0 Å². The van der Waals surface area contributed by atoms with Crippen LogP contribution in [0.15, 0.2) is 21.1 Å². The summed E-state index contributed by atoms with van der Waals surface area (Å²) in [7, 11) is 0. The van der Waals surface area contributed by atoms with Crippen molar-refractivity contribution in [1.82, 2.24) is 5.32 Å². The van der Waals surface area contributed by atoms with Crippen LogP contribution in [-0.2, 0) is 0 Å². The standard InChI is InChI=1S/C8H6Br2N2O/c9-4-1-5-7(6(10)2-4)11-3-12-8(5)13/h1-2,11H,3H2,(H,12,13). The highest BCUT2D eigenvalue weighted by atomic mass is 79.9. The fourth-order valence-corrected chi connectivity index (χ4v) is 2.61. The number of nitrogens with one attached hydrogen (secondary N) is 2. The number of amides is 1. The van der Waals surface area contributed by atoms with Crippen molar-refractivity contribution in [2.75, 3.05) is 12.0 Å². The van der Waals surface area contributed by atoms with Crippen LogP contribution in [0, 0.1) is 0 Å². The molecule has 0 aliphatic carbocycles. The lowest BCUT2D eigenvalue weighted by Gasteiger charge is -2.19. The molecule has 1 aliphatic heterocycles. The van der Waals surface area contributed by atoms with Crippen molar-refractivity contribution >= 4 is 43.5 Å². The number of benzene rings is 1. The van der Waals surface area contributed by atoms with Crippen molar-refractivity contribution in [3.8, 4) is 0 Å². The smallest absolute Gasteiger partial charge is 0.254 e. The van der Waals surface area contributed by atoms with Gasteiger partial charge in [0.15, 0.2) is 0 Å². The summed E-state index contributed by atoms with van der Waals surface area (Å²) in [6, 6.07) is 3.70. The third-order valence-corrected chi connectivity index (χ3v) is 2.90. The second kappa shape index (κ2) is 3.31. The lowest BCUT2D eigenvalue weighted by molar-refractivity contribution is 0.0952. The van der Waals surface area contributed by atoms with Crippen LogP contribution < -0.4 is 10.6 Å². The predicted molar refractivity (Wildman–Crippen MR) is 57.8 cm³/mol. The Morgan fingerprint density at radius 3 is 2.77 bits per heavy atom. The molecule has 0 atom stereocenters. The molecule has 1 aliphatic rings. The molecule has 5 heteroatoms. The molecule has 0 saturated carbocycles. The van der Waals surface area contributed by atoms with E-state index in [0.717, 1.165) is 14.6 Å². The van der Waals surface area contributed by atoms with Crippen molar-refractivity contribution in [2.45, 2.75) is 0 Å². The maximum atomic E-state index is 11.4. The van der Waals surface area contributed by atoms with Crippen LogP contribution in [0.5, 0.6) is 0 Å². The number of fused-ring (bicyclic) bond motifs is 1. The Morgan fingerprint density at radius 2 is 2.00 bits per heavy atom. The first kappa shape index (κ1) is 9.02. The number of hydrogen-bond donors (Lipinski definition) is 2. The maximum Gasteiger partial charge on any atom is 0.254 e. The largest absolute Gasteiger partial charge is 0.366 e. The summed E-state index contributed by atoms with van der Waals surface area (Å²) in [5.41, 5.74) is 1.51. The third kappa shape index (κ3) is 1.58. The average molecular weight is 306 g/mol. The number of carbonyl (C=O) groups excluding carboxylic acids is 1. The number of rotatable bonds is 0. The third-order valence-electron chi connectivity index (χ3n) is 1.81. The van der Waals surface area contributed by atoms with Crippen molar-refractivity contribution in [1.29, 1.82) is 0 Å². The van der Waals surface area contributed by atoms with Gasteiger partial charge in [0.25, 0.3) is 5.91 Å². The molecule has 1 amide bonds. The van der Waals surface area contributed by atoms with Gasteiger partial charge >= 0.3 is 0 Å². The molecule has 0 fully saturated rings. The zero-order valence-electron chi connectivity index (χ0n) is 6.53. The van der Waals surface area contributed by atoms with Gasteiger partial charge < -0.3 is 10.6 Å². The quantitative estimate of drug-likeness (QED) is 0.772. The van der Waals surface area contributed by atoms with E-state index in [4.69, 9.17) is 0 Å². The van der Waals surface area contributed by atoms with Gasteiger partial charge in [0.05, 0.1) is 17.9 Å². The fourth-order valence-electron chi connectivity index (χ4n) is 1.24. The molecule has 0 bridgehead atoms. The SMILES string of the molecule is O=C1NCNc2c(Br)cc(Br)cc21. The number of carbonyl (C=O) groups is 1. The molecular formula is C8H6Br2N2O. The van der Waals surface area contributed by atoms with Crippen LogP contribution in [0.1, 0.15) is 10.4 Å². The molecule has 3 nitrogen and oxygen atoms in total. The normalized spacial score (nSPS) is 14.5. The van der Waals surface area contributed by atoms with Gasteiger partial charge in [-0.05, 0) is 28.1 Å². The highest BCUT2D eigenvalue weighted by Crippen LogP contribution is 2.31. The molecule has 2 rings (SSSR count). The van der Waals surface area contributed by atoms with Gasteiger partial charge in [0.2, 0.25) is 0 Å². The lowest BCUT2D eigenvalue weighted by Crippen LogP contribution is -2.34. The summed E-state index contributed by atoms with van der Waals surface area (Å²) in [4.78, 5) is 11.4. The van der Waals surface area contributed by atoms with Gasteiger partial charge in [-0.1, -0.05) is 15.9 Å². The molecule has 13 heavy (non-hydrogen) atoms. The second-order valence-electron chi connectivity index (χ2n) is 2.67. The minimum Gasteiger partial charge on any atom is -0.366 e. The molecule has 1 heterocycles. The molecule has 0 unspecified atom stereocenters. The highest BCUT2D eigenvalue weighted by Gasteiger charge is 2.18. The Kier molecular flexibility index (Phi) is 2.29. The van der Waals surface area contributed by atoms with Crippen molar-refractivity contribution in [3.05, 3.63) is 26.6 Å². The highest BCUT2D eigenvalue weighted by molar-refractivity contribution is 9.11. The molecular weight excluding hydrogens is 300 g/mol. The summed E-state index contributed by atoms with van der Waals surface area (Å²) in [5.74, 6) is -0.0456. The molecule has 0 aromatic heterocycles. The molecule has 2 N–H and O–H groups in total. The van der Waals surface area contributed by atoms with Gasteiger partial charge in [0.1, 0.15) is 0 Å². The Labute approximate surface area is 92.2 Å². The molecule has 1 aromatic carbocycles. The summed E-state index contributed by atoms with van der Waals surface area (Å²) >= 11 is 6.72. The Bertz CT molecular complexity index is 379. The first-order chi connectivity index (χ1) is 6.18. The Balaban J connectivity index is 2.63. The van der Waals surface area contributed by atoms with E-state index < -0.39 is 0 Å². The van der Waals surface area contributed by atoms with Crippen molar-refractivity contribution in [2.24, 2.45) is 0 Å². The van der Waals surface area contributed by atoms with Gasteiger partial charge in [-0.3, -0.25) is 4.79 Å². The number of hydrogen-bond acceptors (Lipinski definition) is 2. The fraction of sp³-hybridized carbons (Fsp3) is 0.125. The maximum absolute atomic E-state index is 11.4. The average Bonchev–Trinajstić information content (AvgIpc) is 2.07. The van der Waals surface area contributed by atoms with Crippen LogP contribution in [0.4, 0.5) is 5.69 Å². The first-order valence-electron chi connectivity index (χ1n) is 3.69. The van der Waals surface area contributed by atoms with E-state index in [-0.39, 0.29) is 5.91 Å². The molecule has 0 radical (unpaired) electrons. The Hall–Kier alpha value is -0.550. The molecule has 0 spiro atoms. The van der Waals surface area contributed by atoms with Crippen LogP contribution in [0.25, 0.3) is 0 Å². The molecule has 68 valence electrons. The lowest BCUT2D eigenvalue weighted by atomic mass is 10.1. The second-order valence-corrected chi connectivity index (χ2v) is 4.44. The minimum absolute atomic E-state index is 0.0456. The predicted octanol–water partition coefficient (Wildman–Crippen LogP) is 2.32. The summed E-state index contributed by atoms with van der Waals surface area (Å²) in [6.45, 7) is 0.478. The van der Waals surface area contributed by atoms with Gasteiger partial charge in [0, 0.05) is 8.95 Å². The minimum atomic E-state index is -0.0456. The summed E-state index contributed by atoms with van der Waals surface area (Å²) in [6.07, 6.45) is 0. The monoisotopic (exact) mass is 304 g/mol. The van der Waals surface area contributed by atoms with E-state index in [1.54, 1.807) is 6.07 Å². The van der Waals surface area contributed by atoms with E-state index in [9.17, 15) is 4.79 Å². The van der Waals surface area contributed by atoms with E-state index in [0.29, 0.717) is 12.2 Å². The van der Waals surface area contributed by atoms with Crippen LogP contribution in [-0.4, -0.2) is 12.6 Å². The number of halogens is 2. The molecule has 0 saturated heterocycles. The number of anilines is 1. The van der Waals surface area contributed by atoms with E-state index in [1.807, 2.05) is 6.07 Å². The van der Waals surface area contributed by atoms with Crippen LogP contribution in [0.3, 0.4) is 0 Å². The topological polar surface area (TPSA) is 41.1 Å². The van der Waals surface area contributed by atoms with E-state index in [2.05, 4.69) is 42.5 Å². The Morgan fingerprint density at radius 1 is 1.23 bits per heavy atom. The van der Waals surface area contributed by atoms with Crippen molar-refractivity contribution < 1.29 is 4.79 Å². The van der Waals surface area contributed by atoms with Crippen LogP contribution >= 0.6 is 31.9 Å². The van der Waals surface area contributed by atoms with Gasteiger partial charge in [-0.2, -0.15) is 0 Å². The summed E-state index contributed by atoms with van der Waals surface area (Å²) in [5, 5.41) is 5.79. The van der Waals surface area contributed by atoms with Gasteiger partial charge in [-0.25, -0.2) is 0 Å². The zero-order valence-corrected chi connectivity index (χ0v) is 9.70. The van der Waals surface area contributed by atoms with Crippen LogP contribution in [0.2, 0.25) is 0 Å². The first-order valence-corrected chi connectivity index (χ1v) is 5.28. The zero-order chi connectivity index (χ0) is 9.42. The van der Waals surface area contributed by atoms with E-state index in [1.165, 1.54) is 0 Å². The summed E-state index contributed by atoms with van der Waals surface area (Å²) < 4.78 is 1.78. The van der Waals surface area contributed by atoms with E-state index >= 15 is 0 Å². The van der Waals surface area contributed by atoms with Crippen molar-refractivity contribution in [3.63, 3.8) is 0 Å².